The number of benzene rings is 1. The number of amides is 1. The second-order valence-corrected chi connectivity index (χ2v) is 5.46. The molecule has 1 N–H and O–H groups in total. The van der Waals surface area contributed by atoms with Crippen LogP contribution in [0.5, 0.6) is 11.5 Å². The molecule has 0 aliphatic carbocycles. The molecule has 7 nitrogen and oxygen atoms in total. The number of hydrogen-bond acceptors (Lipinski definition) is 5. The molecule has 2 rings (SSSR count). The van der Waals surface area contributed by atoms with E-state index in [1.165, 1.54) is 12.0 Å². The van der Waals surface area contributed by atoms with Gasteiger partial charge in [-0.25, -0.2) is 4.79 Å². The maximum atomic E-state index is 12.6. The first-order chi connectivity index (χ1) is 10.9. The lowest BCUT2D eigenvalue weighted by atomic mass is 10.1. The quantitative estimate of drug-likeness (QED) is 0.882. The number of nitrogens with zero attached hydrogens (tertiary/aromatic N) is 1. The molecule has 1 aliphatic rings. The molecule has 0 aromatic heterocycles. The number of methoxy groups -OCH3 is 1. The first-order valence-electron chi connectivity index (χ1n) is 7.40. The molecule has 1 saturated heterocycles. The fraction of sp³-hybridized carbons (Fsp3) is 0.500. The zero-order valence-corrected chi connectivity index (χ0v) is 13.4. The van der Waals surface area contributed by atoms with Crippen LogP contribution in [0.25, 0.3) is 0 Å². The van der Waals surface area contributed by atoms with Crippen LogP contribution in [0.4, 0.5) is 0 Å². The summed E-state index contributed by atoms with van der Waals surface area (Å²) in [6.45, 7) is 4.34. The predicted molar refractivity (Wildman–Crippen MR) is 82.0 cm³/mol. The number of morpholine rings is 1. The summed E-state index contributed by atoms with van der Waals surface area (Å²) in [5.74, 6) is -0.472. The van der Waals surface area contributed by atoms with E-state index >= 15 is 0 Å². The van der Waals surface area contributed by atoms with Gasteiger partial charge in [-0.1, -0.05) is 0 Å². The van der Waals surface area contributed by atoms with Crippen LogP contribution >= 0.6 is 0 Å². The Morgan fingerprint density at radius 2 is 2.09 bits per heavy atom. The van der Waals surface area contributed by atoms with Gasteiger partial charge in [-0.15, -0.1) is 0 Å². The lowest BCUT2D eigenvalue weighted by Crippen LogP contribution is -2.52. The van der Waals surface area contributed by atoms with E-state index < -0.39 is 12.0 Å². The average Bonchev–Trinajstić information content (AvgIpc) is 2.54. The molecule has 7 heteroatoms. The summed E-state index contributed by atoms with van der Waals surface area (Å²) in [5.41, 5.74) is 0.353. The van der Waals surface area contributed by atoms with Gasteiger partial charge in [-0.05, 0) is 32.0 Å². The normalized spacial score (nSPS) is 17.9. The maximum absolute atomic E-state index is 12.6. The largest absolute Gasteiger partial charge is 0.493 e. The maximum Gasteiger partial charge on any atom is 0.328 e. The van der Waals surface area contributed by atoms with Gasteiger partial charge < -0.3 is 24.2 Å². The van der Waals surface area contributed by atoms with E-state index in [1.54, 1.807) is 18.2 Å². The summed E-state index contributed by atoms with van der Waals surface area (Å²) in [7, 11) is 1.49. The van der Waals surface area contributed by atoms with Crippen LogP contribution < -0.4 is 9.47 Å². The summed E-state index contributed by atoms with van der Waals surface area (Å²) >= 11 is 0. The number of ether oxygens (including phenoxy) is 3. The van der Waals surface area contributed by atoms with E-state index in [0.717, 1.165) is 0 Å². The van der Waals surface area contributed by atoms with Crippen LogP contribution in [0.1, 0.15) is 24.2 Å². The lowest BCUT2D eigenvalue weighted by molar-refractivity contribution is -0.147. The minimum Gasteiger partial charge on any atom is -0.493 e. The van der Waals surface area contributed by atoms with Crippen LogP contribution in [0, 0.1) is 0 Å². The van der Waals surface area contributed by atoms with Crippen molar-refractivity contribution in [3.05, 3.63) is 23.8 Å². The van der Waals surface area contributed by atoms with Gasteiger partial charge in [-0.3, -0.25) is 4.79 Å². The van der Waals surface area contributed by atoms with E-state index in [1.807, 2.05) is 13.8 Å². The third-order valence-corrected chi connectivity index (χ3v) is 3.45. The highest BCUT2D eigenvalue weighted by Crippen LogP contribution is 2.29. The first kappa shape index (κ1) is 17.1. The Kier molecular flexibility index (Phi) is 5.44. The van der Waals surface area contributed by atoms with Gasteiger partial charge in [0.25, 0.3) is 5.91 Å². The molecule has 23 heavy (non-hydrogen) atoms. The number of rotatable bonds is 5. The first-order valence-corrected chi connectivity index (χ1v) is 7.40. The van der Waals surface area contributed by atoms with Gasteiger partial charge in [0.1, 0.15) is 0 Å². The number of carboxylic acid groups (broad SMARTS) is 1. The summed E-state index contributed by atoms with van der Waals surface area (Å²) < 4.78 is 16.0. The molecule has 1 aromatic carbocycles. The van der Waals surface area contributed by atoms with E-state index in [-0.39, 0.29) is 25.2 Å². The van der Waals surface area contributed by atoms with Crippen molar-refractivity contribution in [1.82, 2.24) is 4.90 Å². The van der Waals surface area contributed by atoms with Crippen LogP contribution in [0.15, 0.2) is 18.2 Å². The van der Waals surface area contributed by atoms with Crippen LogP contribution in [0.2, 0.25) is 0 Å². The van der Waals surface area contributed by atoms with Crippen molar-refractivity contribution in [2.75, 3.05) is 26.9 Å². The number of hydrogen-bond donors (Lipinski definition) is 1. The zero-order valence-electron chi connectivity index (χ0n) is 13.4. The Morgan fingerprint density at radius 3 is 2.70 bits per heavy atom. The highest BCUT2D eigenvalue weighted by Gasteiger charge is 2.33. The standard InChI is InChI=1S/C16H21NO6/c1-10(2)23-13-5-4-11(8-14(13)21-3)15(18)17-6-7-22-9-12(17)16(19)20/h4-5,8,10,12H,6-7,9H2,1-3H3,(H,19,20)/t12-/m0/s1. The van der Waals surface area contributed by atoms with E-state index in [9.17, 15) is 14.7 Å². The number of carboxylic acids is 1. The molecule has 0 radical (unpaired) electrons. The number of aliphatic carboxylic acids is 1. The monoisotopic (exact) mass is 323 g/mol. The molecule has 1 atom stereocenters. The second kappa shape index (κ2) is 7.32. The van der Waals surface area contributed by atoms with Crippen molar-refractivity contribution in [1.29, 1.82) is 0 Å². The van der Waals surface area contributed by atoms with Crippen molar-refractivity contribution in [2.45, 2.75) is 26.0 Å². The SMILES string of the molecule is COc1cc(C(=O)N2CCOC[C@H]2C(=O)O)ccc1OC(C)C. The van der Waals surface area contributed by atoms with Gasteiger partial charge in [0, 0.05) is 12.1 Å². The fourth-order valence-electron chi connectivity index (χ4n) is 2.37. The Hall–Kier alpha value is -2.28. The predicted octanol–water partition coefficient (Wildman–Crippen LogP) is 1.41. The third-order valence-electron chi connectivity index (χ3n) is 3.45. The average molecular weight is 323 g/mol. The fourth-order valence-corrected chi connectivity index (χ4v) is 2.37. The molecule has 1 fully saturated rings. The summed E-state index contributed by atoms with van der Waals surface area (Å²) in [6, 6.07) is 3.85. The summed E-state index contributed by atoms with van der Waals surface area (Å²) in [6.07, 6.45) is -0.0268. The second-order valence-electron chi connectivity index (χ2n) is 5.46. The molecule has 0 bridgehead atoms. The molecule has 1 amide bonds. The Labute approximate surface area is 134 Å². The van der Waals surface area contributed by atoms with Crippen molar-refractivity contribution in [3.8, 4) is 11.5 Å². The molecule has 0 saturated carbocycles. The Balaban J connectivity index is 2.26. The highest BCUT2D eigenvalue weighted by atomic mass is 16.5. The number of carbonyl (C=O) groups excluding carboxylic acids is 1. The van der Waals surface area contributed by atoms with E-state index in [4.69, 9.17) is 14.2 Å². The van der Waals surface area contributed by atoms with Crippen LogP contribution in [0.3, 0.4) is 0 Å². The number of carbonyl (C=O) groups is 2. The zero-order chi connectivity index (χ0) is 17.0. The van der Waals surface area contributed by atoms with E-state index in [2.05, 4.69) is 0 Å². The van der Waals surface area contributed by atoms with Gasteiger partial charge in [0.05, 0.1) is 26.4 Å². The molecule has 126 valence electrons. The van der Waals surface area contributed by atoms with E-state index in [0.29, 0.717) is 23.7 Å². The van der Waals surface area contributed by atoms with Crippen molar-refractivity contribution < 1.29 is 28.9 Å². The molecule has 1 aromatic rings. The smallest absolute Gasteiger partial charge is 0.328 e. The minimum atomic E-state index is -1.08. The summed E-state index contributed by atoms with van der Waals surface area (Å²) in [4.78, 5) is 25.2. The molecule has 0 unspecified atom stereocenters. The van der Waals surface area contributed by atoms with Gasteiger partial charge in [0.15, 0.2) is 17.5 Å². The molecular formula is C16H21NO6. The Bertz CT molecular complexity index is 586. The van der Waals surface area contributed by atoms with Gasteiger partial charge in [-0.2, -0.15) is 0 Å². The minimum absolute atomic E-state index is 0.00719. The highest BCUT2D eigenvalue weighted by molar-refractivity contribution is 5.97. The van der Waals surface area contributed by atoms with Crippen molar-refractivity contribution in [2.24, 2.45) is 0 Å². The molecule has 1 heterocycles. The van der Waals surface area contributed by atoms with Crippen LogP contribution in [-0.2, 0) is 9.53 Å². The molecule has 1 aliphatic heterocycles. The third kappa shape index (κ3) is 3.92. The van der Waals surface area contributed by atoms with Gasteiger partial charge in [0.2, 0.25) is 0 Å². The topological polar surface area (TPSA) is 85.3 Å². The van der Waals surface area contributed by atoms with Crippen molar-refractivity contribution in [3.63, 3.8) is 0 Å². The van der Waals surface area contributed by atoms with Gasteiger partial charge >= 0.3 is 5.97 Å². The van der Waals surface area contributed by atoms with Crippen LogP contribution in [-0.4, -0.2) is 60.9 Å². The molecular weight excluding hydrogens is 302 g/mol. The molecule has 0 spiro atoms. The Morgan fingerprint density at radius 1 is 1.35 bits per heavy atom. The lowest BCUT2D eigenvalue weighted by Gasteiger charge is -2.33. The van der Waals surface area contributed by atoms with Crippen molar-refractivity contribution >= 4 is 11.9 Å². The summed E-state index contributed by atoms with van der Waals surface area (Å²) in [5, 5.41) is 9.23.